The minimum atomic E-state index is 0.232. The molecule has 0 aliphatic heterocycles. The van der Waals surface area contributed by atoms with Crippen molar-refractivity contribution in [1.29, 1.82) is 0 Å². The fourth-order valence-corrected chi connectivity index (χ4v) is 2.46. The molecule has 1 amide bonds. The molecule has 0 radical (unpaired) electrons. The zero-order chi connectivity index (χ0) is 16.4. The zero-order valence-corrected chi connectivity index (χ0v) is 15.5. The third kappa shape index (κ3) is 9.92. The van der Waals surface area contributed by atoms with Crippen molar-refractivity contribution in [2.45, 2.75) is 99.3 Å². The highest BCUT2D eigenvalue weighted by atomic mass is 16.1. The third-order valence-electron chi connectivity index (χ3n) is 5.25. The number of rotatable bonds is 12. The van der Waals surface area contributed by atoms with Gasteiger partial charge in [0.2, 0.25) is 5.91 Å². The number of hydrogen-bond donors (Lipinski definition) is 1. The van der Waals surface area contributed by atoms with Gasteiger partial charge >= 0.3 is 0 Å². The van der Waals surface area contributed by atoms with E-state index in [0.717, 1.165) is 25.8 Å². The summed E-state index contributed by atoms with van der Waals surface area (Å²) >= 11 is 0. The van der Waals surface area contributed by atoms with E-state index in [0.29, 0.717) is 17.3 Å². The van der Waals surface area contributed by atoms with Crippen LogP contribution in [0.4, 0.5) is 0 Å². The lowest BCUT2D eigenvalue weighted by atomic mass is 9.73. The molecular weight excluding hydrogens is 258 g/mol. The molecule has 0 aromatic heterocycles. The van der Waals surface area contributed by atoms with Gasteiger partial charge in [-0.2, -0.15) is 0 Å². The minimum absolute atomic E-state index is 0.232. The molecule has 0 heterocycles. The monoisotopic (exact) mass is 297 g/mol. The van der Waals surface area contributed by atoms with Crippen LogP contribution in [-0.4, -0.2) is 12.5 Å². The van der Waals surface area contributed by atoms with Crippen molar-refractivity contribution in [3.63, 3.8) is 0 Å². The number of unbranched alkanes of at least 4 members (excludes halogenated alkanes) is 1. The lowest BCUT2D eigenvalue weighted by molar-refractivity contribution is -0.121. The van der Waals surface area contributed by atoms with Crippen LogP contribution in [0.2, 0.25) is 0 Å². The molecule has 0 rings (SSSR count). The van der Waals surface area contributed by atoms with Crippen molar-refractivity contribution in [3.8, 4) is 0 Å². The molecule has 2 heteroatoms. The van der Waals surface area contributed by atoms with Gasteiger partial charge in [-0.3, -0.25) is 4.79 Å². The number of carbonyl (C=O) groups excluding carboxylic acids is 1. The van der Waals surface area contributed by atoms with Crippen molar-refractivity contribution in [1.82, 2.24) is 5.32 Å². The highest BCUT2D eigenvalue weighted by Gasteiger charge is 2.25. The number of nitrogens with one attached hydrogen (secondary N) is 1. The van der Waals surface area contributed by atoms with Crippen molar-refractivity contribution < 1.29 is 4.79 Å². The van der Waals surface area contributed by atoms with Gasteiger partial charge in [0, 0.05) is 13.0 Å². The maximum absolute atomic E-state index is 11.7. The lowest BCUT2D eigenvalue weighted by Gasteiger charge is -2.33. The molecule has 0 saturated carbocycles. The van der Waals surface area contributed by atoms with Gasteiger partial charge in [0.25, 0.3) is 0 Å². The molecule has 0 fully saturated rings. The molecule has 0 bridgehead atoms. The first-order valence-corrected chi connectivity index (χ1v) is 9.05. The second-order valence-electron chi connectivity index (χ2n) is 7.74. The van der Waals surface area contributed by atoms with E-state index in [-0.39, 0.29) is 5.91 Å². The van der Waals surface area contributed by atoms with Crippen LogP contribution in [0.25, 0.3) is 0 Å². The smallest absolute Gasteiger partial charge is 0.219 e. The van der Waals surface area contributed by atoms with Crippen molar-refractivity contribution in [3.05, 3.63) is 0 Å². The topological polar surface area (TPSA) is 29.1 Å². The number of carbonyl (C=O) groups is 1. The average molecular weight is 298 g/mol. The fraction of sp³-hybridized carbons (Fsp3) is 0.947. The molecular formula is C19H39NO. The predicted molar refractivity (Wildman–Crippen MR) is 93.5 cm³/mol. The van der Waals surface area contributed by atoms with E-state index in [2.05, 4.69) is 46.9 Å². The Morgan fingerprint density at radius 2 is 1.57 bits per heavy atom. The van der Waals surface area contributed by atoms with E-state index in [1.807, 2.05) is 0 Å². The summed E-state index contributed by atoms with van der Waals surface area (Å²) in [6.07, 6.45) is 10.1. The van der Waals surface area contributed by atoms with Crippen molar-refractivity contribution in [2.24, 2.45) is 10.8 Å². The largest absolute Gasteiger partial charge is 0.356 e. The normalized spacial score (nSPS) is 14.8. The summed E-state index contributed by atoms with van der Waals surface area (Å²) in [5, 5.41) is 3.01. The molecule has 0 saturated heterocycles. The van der Waals surface area contributed by atoms with E-state index in [4.69, 9.17) is 0 Å². The molecule has 0 aromatic carbocycles. The standard InChI is InChI=1S/C19H39NO/c1-7-10-16-20-17(21)12-11-13-19(6,9-3)15-14-18(4,5)8-2/h7-16H2,1-6H3,(H,20,21). The maximum Gasteiger partial charge on any atom is 0.219 e. The molecule has 1 unspecified atom stereocenters. The van der Waals surface area contributed by atoms with Crippen LogP contribution in [0.1, 0.15) is 99.3 Å². The highest BCUT2D eigenvalue weighted by molar-refractivity contribution is 5.75. The number of hydrogen-bond acceptors (Lipinski definition) is 1. The Bertz CT molecular complexity index is 285. The first kappa shape index (κ1) is 20.5. The Hall–Kier alpha value is -0.530. The van der Waals surface area contributed by atoms with E-state index in [9.17, 15) is 4.79 Å². The van der Waals surface area contributed by atoms with Gasteiger partial charge in [-0.25, -0.2) is 0 Å². The van der Waals surface area contributed by atoms with Crippen LogP contribution in [-0.2, 0) is 4.79 Å². The van der Waals surface area contributed by atoms with E-state index >= 15 is 0 Å². The molecule has 0 spiro atoms. The molecule has 0 aliphatic rings. The summed E-state index contributed by atoms with van der Waals surface area (Å²) < 4.78 is 0. The second kappa shape index (κ2) is 10.2. The summed E-state index contributed by atoms with van der Waals surface area (Å²) in [5.74, 6) is 0.232. The van der Waals surface area contributed by atoms with Gasteiger partial charge in [0.15, 0.2) is 0 Å². The zero-order valence-electron chi connectivity index (χ0n) is 15.5. The highest BCUT2D eigenvalue weighted by Crippen LogP contribution is 2.38. The first-order valence-electron chi connectivity index (χ1n) is 9.05. The Balaban J connectivity index is 4.04. The third-order valence-corrected chi connectivity index (χ3v) is 5.25. The number of amides is 1. The Labute approximate surface area is 133 Å². The van der Waals surface area contributed by atoms with E-state index in [1.165, 1.54) is 32.1 Å². The van der Waals surface area contributed by atoms with Crippen LogP contribution >= 0.6 is 0 Å². The van der Waals surface area contributed by atoms with Gasteiger partial charge in [0.1, 0.15) is 0 Å². The Morgan fingerprint density at radius 3 is 2.10 bits per heavy atom. The van der Waals surface area contributed by atoms with Gasteiger partial charge < -0.3 is 5.32 Å². The first-order chi connectivity index (χ1) is 9.78. The average Bonchev–Trinajstić information content (AvgIpc) is 2.46. The second-order valence-corrected chi connectivity index (χ2v) is 7.74. The van der Waals surface area contributed by atoms with Crippen LogP contribution in [0, 0.1) is 10.8 Å². The van der Waals surface area contributed by atoms with Crippen LogP contribution in [0.15, 0.2) is 0 Å². The Morgan fingerprint density at radius 1 is 0.905 bits per heavy atom. The van der Waals surface area contributed by atoms with Gasteiger partial charge in [-0.15, -0.1) is 0 Å². The molecule has 0 aromatic rings. The molecule has 0 aliphatic carbocycles. The maximum atomic E-state index is 11.7. The minimum Gasteiger partial charge on any atom is -0.356 e. The van der Waals surface area contributed by atoms with Gasteiger partial charge in [0.05, 0.1) is 0 Å². The predicted octanol–water partition coefficient (Wildman–Crippen LogP) is 5.71. The molecule has 21 heavy (non-hydrogen) atoms. The van der Waals surface area contributed by atoms with Crippen LogP contribution in [0.3, 0.4) is 0 Å². The van der Waals surface area contributed by atoms with Gasteiger partial charge in [-0.1, -0.05) is 60.8 Å². The van der Waals surface area contributed by atoms with Crippen LogP contribution < -0.4 is 5.32 Å². The molecule has 1 N–H and O–H groups in total. The summed E-state index contributed by atoms with van der Waals surface area (Å²) in [6.45, 7) is 14.7. The molecule has 2 nitrogen and oxygen atoms in total. The summed E-state index contributed by atoms with van der Waals surface area (Å²) in [6, 6.07) is 0. The van der Waals surface area contributed by atoms with Crippen molar-refractivity contribution in [2.75, 3.05) is 6.54 Å². The quantitative estimate of drug-likeness (QED) is 0.460. The van der Waals surface area contributed by atoms with E-state index < -0.39 is 0 Å². The molecule has 1 atom stereocenters. The molecule has 126 valence electrons. The van der Waals surface area contributed by atoms with E-state index in [1.54, 1.807) is 0 Å². The lowest BCUT2D eigenvalue weighted by Crippen LogP contribution is -2.25. The summed E-state index contributed by atoms with van der Waals surface area (Å²) in [4.78, 5) is 11.7. The summed E-state index contributed by atoms with van der Waals surface area (Å²) in [7, 11) is 0. The van der Waals surface area contributed by atoms with Crippen molar-refractivity contribution >= 4 is 5.91 Å². The summed E-state index contributed by atoms with van der Waals surface area (Å²) in [5.41, 5.74) is 0.851. The SMILES string of the molecule is CCCCNC(=O)CCCC(C)(CC)CCC(C)(C)CC. The van der Waals surface area contributed by atoms with Gasteiger partial charge in [-0.05, 0) is 42.9 Å². The Kier molecular flexibility index (Phi) is 9.98. The van der Waals surface area contributed by atoms with Crippen LogP contribution in [0.5, 0.6) is 0 Å². The fourth-order valence-electron chi connectivity index (χ4n) is 2.46.